The van der Waals surface area contributed by atoms with Crippen molar-refractivity contribution in [1.82, 2.24) is 15.2 Å². The lowest BCUT2D eigenvalue weighted by atomic mass is 10.1. The molecule has 0 saturated carbocycles. The summed E-state index contributed by atoms with van der Waals surface area (Å²) in [5.41, 5.74) is 1.84. The van der Waals surface area contributed by atoms with Gasteiger partial charge in [-0.1, -0.05) is 12.1 Å². The fraction of sp³-hybridized carbons (Fsp3) is 0.333. The van der Waals surface area contributed by atoms with Gasteiger partial charge in [0, 0.05) is 51.0 Å². The normalized spacial score (nSPS) is 16.1. The maximum absolute atomic E-state index is 12.1. The number of benzene rings is 1. The van der Waals surface area contributed by atoms with Crippen LogP contribution in [0.4, 0.5) is 5.82 Å². The van der Waals surface area contributed by atoms with Gasteiger partial charge in [0.25, 0.3) is 5.91 Å². The highest BCUT2D eigenvalue weighted by Crippen LogP contribution is 2.32. The van der Waals surface area contributed by atoms with Crippen molar-refractivity contribution in [3.63, 3.8) is 0 Å². The fourth-order valence-corrected chi connectivity index (χ4v) is 3.43. The van der Waals surface area contributed by atoms with E-state index in [1.807, 2.05) is 12.1 Å². The molecule has 7 nitrogen and oxygen atoms in total. The molecule has 1 amide bonds. The molecule has 1 saturated heterocycles. The van der Waals surface area contributed by atoms with E-state index >= 15 is 0 Å². The zero-order valence-corrected chi connectivity index (χ0v) is 15.8. The summed E-state index contributed by atoms with van der Waals surface area (Å²) in [6.07, 6.45) is 3.36. The van der Waals surface area contributed by atoms with Crippen molar-refractivity contribution in [1.29, 1.82) is 0 Å². The molecule has 1 fully saturated rings. The molecule has 28 heavy (non-hydrogen) atoms. The SMILES string of the molecule is C=CCNC(=O)c1ccnc(N2CCN(Cc3ccc4c(c3)OCO4)CC2)c1. The van der Waals surface area contributed by atoms with Gasteiger partial charge in [-0.3, -0.25) is 9.69 Å². The summed E-state index contributed by atoms with van der Waals surface area (Å²) >= 11 is 0. The summed E-state index contributed by atoms with van der Waals surface area (Å²) in [5, 5.41) is 2.80. The van der Waals surface area contributed by atoms with Gasteiger partial charge in [0.15, 0.2) is 11.5 Å². The average molecular weight is 380 g/mol. The second-order valence-corrected chi connectivity index (χ2v) is 6.85. The molecule has 146 valence electrons. The fourth-order valence-electron chi connectivity index (χ4n) is 3.43. The van der Waals surface area contributed by atoms with Gasteiger partial charge in [-0.15, -0.1) is 6.58 Å². The van der Waals surface area contributed by atoms with Gasteiger partial charge in [-0.25, -0.2) is 4.98 Å². The summed E-state index contributed by atoms with van der Waals surface area (Å²) in [5.74, 6) is 2.38. The number of carbonyl (C=O) groups is 1. The van der Waals surface area contributed by atoms with Crippen LogP contribution in [0.2, 0.25) is 0 Å². The summed E-state index contributed by atoms with van der Waals surface area (Å²) in [6.45, 7) is 8.86. The van der Waals surface area contributed by atoms with Crippen LogP contribution in [0, 0.1) is 0 Å². The molecule has 0 aliphatic carbocycles. The van der Waals surface area contributed by atoms with Crippen molar-refractivity contribution in [3.05, 3.63) is 60.3 Å². The molecule has 1 N–H and O–H groups in total. The number of anilines is 1. The van der Waals surface area contributed by atoms with E-state index in [1.165, 1.54) is 5.56 Å². The number of aromatic nitrogens is 1. The van der Waals surface area contributed by atoms with Crippen LogP contribution >= 0.6 is 0 Å². The molecule has 4 rings (SSSR count). The van der Waals surface area contributed by atoms with E-state index in [4.69, 9.17) is 9.47 Å². The molecule has 0 atom stereocenters. The molecule has 0 bridgehead atoms. The maximum Gasteiger partial charge on any atom is 0.251 e. The van der Waals surface area contributed by atoms with Crippen LogP contribution in [0.3, 0.4) is 0 Å². The Balaban J connectivity index is 1.34. The number of piperazine rings is 1. The number of nitrogens with one attached hydrogen (secondary N) is 1. The Morgan fingerprint density at radius 3 is 2.79 bits per heavy atom. The minimum absolute atomic E-state index is 0.106. The zero-order valence-electron chi connectivity index (χ0n) is 15.8. The van der Waals surface area contributed by atoms with Crippen LogP contribution in [-0.2, 0) is 6.54 Å². The van der Waals surface area contributed by atoms with E-state index in [1.54, 1.807) is 18.3 Å². The summed E-state index contributed by atoms with van der Waals surface area (Å²) in [7, 11) is 0. The molecule has 2 aliphatic heterocycles. The van der Waals surface area contributed by atoms with Crippen LogP contribution < -0.4 is 19.7 Å². The molecule has 3 heterocycles. The monoisotopic (exact) mass is 380 g/mol. The average Bonchev–Trinajstić information content (AvgIpc) is 3.20. The molecule has 7 heteroatoms. The first-order chi connectivity index (χ1) is 13.7. The highest BCUT2D eigenvalue weighted by molar-refractivity contribution is 5.94. The third-order valence-electron chi connectivity index (χ3n) is 4.95. The first-order valence-electron chi connectivity index (χ1n) is 9.44. The van der Waals surface area contributed by atoms with Crippen molar-refractivity contribution in [2.75, 3.05) is 44.4 Å². The van der Waals surface area contributed by atoms with Crippen LogP contribution in [0.1, 0.15) is 15.9 Å². The minimum atomic E-state index is -0.106. The van der Waals surface area contributed by atoms with Crippen molar-refractivity contribution in [2.24, 2.45) is 0 Å². The van der Waals surface area contributed by atoms with Crippen molar-refractivity contribution < 1.29 is 14.3 Å². The number of nitrogens with zero attached hydrogens (tertiary/aromatic N) is 3. The number of rotatable bonds is 6. The largest absolute Gasteiger partial charge is 0.454 e. The summed E-state index contributed by atoms with van der Waals surface area (Å²) < 4.78 is 10.8. The van der Waals surface area contributed by atoms with E-state index in [2.05, 4.69) is 38.8 Å². The molecule has 1 aromatic carbocycles. The van der Waals surface area contributed by atoms with Crippen molar-refractivity contribution >= 4 is 11.7 Å². The lowest BCUT2D eigenvalue weighted by molar-refractivity contribution is 0.0958. The Morgan fingerprint density at radius 1 is 1.14 bits per heavy atom. The Morgan fingerprint density at radius 2 is 1.96 bits per heavy atom. The van der Waals surface area contributed by atoms with E-state index in [9.17, 15) is 4.79 Å². The van der Waals surface area contributed by atoms with Gasteiger partial charge >= 0.3 is 0 Å². The Labute approximate surface area is 164 Å². The first kappa shape index (κ1) is 18.3. The Hall–Kier alpha value is -3.06. The summed E-state index contributed by atoms with van der Waals surface area (Å²) in [6, 6.07) is 9.71. The van der Waals surface area contributed by atoms with Gasteiger partial charge in [0.05, 0.1) is 0 Å². The topological polar surface area (TPSA) is 66.9 Å². The predicted octanol–water partition coefficient (Wildman–Crippen LogP) is 2.05. The number of fused-ring (bicyclic) bond motifs is 1. The van der Waals surface area contributed by atoms with Crippen LogP contribution in [0.25, 0.3) is 0 Å². The molecule has 2 aliphatic rings. The predicted molar refractivity (Wildman–Crippen MR) is 107 cm³/mol. The zero-order chi connectivity index (χ0) is 19.3. The molecule has 0 spiro atoms. The van der Waals surface area contributed by atoms with Gasteiger partial charge in [-0.2, -0.15) is 0 Å². The highest BCUT2D eigenvalue weighted by atomic mass is 16.7. The minimum Gasteiger partial charge on any atom is -0.454 e. The van der Waals surface area contributed by atoms with Crippen LogP contribution in [0.15, 0.2) is 49.2 Å². The number of hydrogen-bond donors (Lipinski definition) is 1. The van der Waals surface area contributed by atoms with Crippen molar-refractivity contribution in [2.45, 2.75) is 6.54 Å². The lowest BCUT2D eigenvalue weighted by Gasteiger charge is -2.35. The molecule has 0 unspecified atom stereocenters. The van der Waals surface area contributed by atoms with Crippen LogP contribution in [0.5, 0.6) is 11.5 Å². The molecule has 0 radical (unpaired) electrons. The van der Waals surface area contributed by atoms with Gasteiger partial charge in [0.1, 0.15) is 5.82 Å². The summed E-state index contributed by atoms with van der Waals surface area (Å²) in [4.78, 5) is 21.2. The van der Waals surface area contributed by atoms with E-state index in [0.717, 1.165) is 50.0 Å². The van der Waals surface area contributed by atoms with E-state index < -0.39 is 0 Å². The van der Waals surface area contributed by atoms with Gasteiger partial charge in [-0.05, 0) is 29.8 Å². The number of amides is 1. The standard InChI is InChI=1S/C21H24N4O3/c1-2-6-23-21(26)17-5-7-22-20(13-17)25-10-8-24(9-11-25)14-16-3-4-18-19(12-16)28-15-27-18/h2-5,7,12-13H,1,6,8-11,14-15H2,(H,23,26). The van der Waals surface area contributed by atoms with E-state index in [-0.39, 0.29) is 5.91 Å². The molecular weight excluding hydrogens is 356 g/mol. The quantitative estimate of drug-likeness (QED) is 0.774. The molecule has 1 aromatic heterocycles. The smallest absolute Gasteiger partial charge is 0.251 e. The van der Waals surface area contributed by atoms with E-state index in [0.29, 0.717) is 18.9 Å². The third-order valence-corrected chi connectivity index (χ3v) is 4.95. The highest BCUT2D eigenvalue weighted by Gasteiger charge is 2.20. The van der Waals surface area contributed by atoms with Crippen LogP contribution in [-0.4, -0.2) is 55.3 Å². The van der Waals surface area contributed by atoms with Crippen molar-refractivity contribution in [3.8, 4) is 11.5 Å². The Bertz CT molecular complexity index is 862. The number of hydrogen-bond acceptors (Lipinski definition) is 6. The third kappa shape index (κ3) is 4.09. The second kappa shape index (κ2) is 8.31. The van der Waals surface area contributed by atoms with Gasteiger partial charge < -0.3 is 19.7 Å². The first-order valence-corrected chi connectivity index (χ1v) is 9.44. The lowest BCUT2D eigenvalue weighted by Crippen LogP contribution is -2.46. The number of carbonyl (C=O) groups excluding carboxylic acids is 1. The number of ether oxygens (including phenoxy) is 2. The molecular formula is C21H24N4O3. The van der Waals surface area contributed by atoms with Gasteiger partial charge in [0.2, 0.25) is 6.79 Å². The maximum atomic E-state index is 12.1. The molecule has 2 aromatic rings. The number of pyridine rings is 1. The second-order valence-electron chi connectivity index (χ2n) is 6.85. The Kier molecular flexibility index (Phi) is 5.43.